The van der Waals surface area contributed by atoms with E-state index in [1.807, 2.05) is 35.9 Å². The number of nitrogens with zero attached hydrogens (tertiary/aromatic N) is 3. The maximum atomic E-state index is 12.3. The van der Waals surface area contributed by atoms with Gasteiger partial charge in [0.15, 0.2) is 0 Å². The molecule has 1 aromatic heterocycles. The van der Waals surface area contributed by atoms with Gasteiger partial charge in [0.2, 0.25) is 11.8 Å². The number of carbonyl (C=O) groups excluding carboxylic acids is 2. The Bertz CT molecular complexity index is 784. The van der Waals surface area contributed by atoms with Crippen LogP contribution in [0.2, 0.25) is 0 Å². The molecule has 1 aromatic carbocycles. The normalized spacial score (nSPS) is 15.2. The fourth-order valence-electron chi connectivity index (χ4n) is 3.33. The van der Waals surface area contributed by atoms with Crippen LogP contribution in [0.25, 0.3) is 0 Å². The Labute approximate surface area is 183 Å². The zero-order valence-electron chi connectivity index (χ0n) is 16.5. The summed E-state index contributed by atoms with van der Waals surface area (Å²) in [5.41, 5.74) is 8.03. The molecule has 9 heteroatoms. The molecule has 2 heterocycles. The van der Waals surface area contributed by atoms with Crippen LogP contribution in [0.1, 0.15) is 31.0 Å². The maximum absolute atomic E-state index is 12.3. The number of nitrogens with one attached hydrogen (secondary N) is 1. The predicted octanol–water partition coefficient (Wildman–Crippen LogP) is 1.77. The molecule has 0 bridgehead atoms. The third-order valence-corrected chi connectivity index (χ3v) is 4.71. The highest BCUT2D eigenvalue weighted by atomic mass is 35.5. The summed E-state index contributed by atoms with van der Waals surface area (Å²) in [7, 11) is 0. The molecule has 0 aliphatic carbocycles. The van der Waals surface area contributed by atoms with E-state index >= 15 is 0 Å². The van der Waals surface area contributed by atoms with E-state index in [9.17, 15) is 9.59 Å². The van der Waals surface area contributed by atoms with Crippen LogP contribution < -0.4 is 11.1 Å². The lowest BCUT2D eigenvalue weighted by Gasteiger charge is -2.23. The average Bonchev–Trinajstić information content (AvgIpc) is 3.25. The summed E-state index contributed by atoms with van der Waals surface area (Å²) >= 11 is 0. The molecular formula is C20H29Cl2N5O2. The summed E-state index contributed by atoms with van der Waals surface area (Å²) in [6.07, 6.45) is 5.56. The van der Waals surface area contributed by atoms with Crippen LogP contribution in [0.4, 0.5) is 0 Å². The number of carbonyl (C=O) groups is 2. The second-order valence-electron chi connectivity index (χ2n) is 7.19. The van der Waals surface area contributed by atoms with Gasteiger partial charge in [-0.2, -0.15) is 0 Å². The van der Waals surface area contributed by atoms with Crippen LogP contribution in [0.15, 0.2) is 42.9 Å². The number of hydrogen-bond acceptors (Lipinski definition) is 4. The number of halogens is 2. The van der Waals surface area contributed by atoms with Gasteiger partial charge in [0.1, 0.15) is 0 Å². The van der Waals surface area contributed by atoms with Crippen LogP contribution in [-0.4, -0.2) is 51.4 Å². The molecule has 29 heavy (non-hydrogen) atoms. The minimum absolute atomic E-state index is 0. The first-order valence-electron chi connectivity index (χ1n) is 9.39. The monoisotopic (exact) mass is 441 g/mol. The molecule has 1 unspecified atom stereocenters. The van der Waals surface area contributed by atoms with Crippen molar-refractivity contribution in [1.82, 2.24) is 19.8 Å². The van der Waals surface area contributed by atoms with Gasteiger partial charge >= 0.3 is 0 Å². The molecule has 3 rings (SSSR count). The number of nitrogens with two attached hydrogens (primary N) is 1. The number of rotatable bonds is 8. The minimum Gasteiger partial charge on any atom is -0.351 e. The summed E-state index contributed by atoms with van der Waals surface area (Å²) in [5, 5.41) is 2.90. The smallest absolute Gasteiger partial charge is 0.237 e. The van der Waals surface area contributed by atoms with Crippen molar-refractivity contribution in [2.45, 2.75) is 44.8 Å². The zero-order valence-corrected chi connectivity index (χ0v) is 18.1. The van der Waals surface area contributed by atoms with E-state index in [1.54, 1.807) is 11.2 Å². The van der Waals surface area contributed by atoms with Crippen molar-refractivity contribution in [3.63, 3.8) is 0 Å². The van der Waals surface area contributed by atoms with Gasteiger partial charge in [0.25, 0.3) is 0 Å². The van der Waals surface area contributed by atoms with Crippen molar-refractivity contribution in [2.24, 2.45) is 5.73 Å². The van der Waals surface area contributed by atoms with Crippen LogP contribution in [-0.2, 0) is 22.6 Å². The van der Waals surface area contributed by atoms with Gasteiger partial charge in [-0.05, 0) is 18.9 Å². The van der Waals surface area contributed by atoms with E-state index in [4.69, 9.17) is 5.73 Å². The second-order valence-corrected chi connectivity index (χ2v) is 7.19. The number of aromatic nitrogens is 2. The Morgan fingerprint density at radius 3 is 2.66 bits per heavy atom. The molecule has 0 saturated carbocycles. The molecule has 2 aromatic rings. The summed E-state index contributed by atoms with van der Waals surface area (Å²) in [4.78, 5) is 30.2. The van der Waals surface area contributed by atoms with Crippen molar-refractivity contribution in [3.8, 4) is 0 Å². The molecule has 2 amide bonds. The van der Waals surface area contributed by atoms with Crippen molar-refractivity contribution in [2.75, 3.05) is 13.1 Å². The predicted molar refractivity (Wildman–Crippen MR) is 117 cm³/mol. The van der Waals surface area contributed by atoms with Crippen molar-refractivity contribution < 1.29 is 9.59 Å². The Hall–Kier alpha value is -2.09. The molecule has 0 radical (unpaired) electrons. The Morgan fingerprint density at radius 2 is 2.00 bits per heavy atom. The van der Waals surface area contributed by atoms with Gasteiger partial charge in [-0.1, -0.05) is 30.3 Å². The highest BCUT2D eigenvalue weighted by Gasteiger charge is 2.23. The number of hydrogen-bond donors (Lipinski definition) is 2. The Balaban J connectivity index is 0.00000210. The van der Waals surface area contributed by atoms with Crippen molar-refractivity contribution in [1.29, 1.82) is 0 Å². The van der Waals surface area contributed by atoms with Crippen molar-refractivity contribution >= 4 is 36.6 Å². The van der Waals surface area contributed by atoms with E-state index in [0.29, 0.717) is 19.4 Å². The fraction of sp³-hybridized carbons (Fsp3) is 0.450. The quantitative estimate of drug-likeness (QED) is 0.652. The van der Waals surface area contributed by atoms with E-state index in [0.717, 1.165) is 25.2 Å². The van der Waals surface area contributed by atoms with Crippen LogP contribution >= 0.6 is 24.8 Å². The van der Waals surface area contributed by atoms with E-state index < -0.39 is 6.04 Å². The van der Waals surface area contributed by atoms with Crippen molar-refractivity contribution in [3.05, 3.63) is 54.1 Å². The molecule has 0 spiro atoms. The topological polar surface area (TPSA) is 93.3 Å². The standard InChI is InChI=1S/C20H27N5O2.2ClH/c1-15(11-25-9-5-8-19(25)26)23-20(27)18(21)10-17-13-24(14-22-17)12-16-6-3-2-4-7-16;;/h2-4,6-7,13-15,18H,5,8-12,21H2,1H3,(H,23,27);2*1H/t15?,18-;;/m0../s1. The van der Waals surface area contributed by atoms with E-state index in [1.165, 1.54) is 5.56 Å². The molecular weight excluding hydrogens is 413 g/mol. The van der Waals surface area contributed by atoms with Gasteiger partial charge in [0, 0.05) is 44.7 Å². The molecule has 160 valence electrons. The third kappa shape index (κ3) is 7.34. The summed E-state index contributed by atoms with van der Waals surface area (Å²) in [6, 6.07) is 9.33. The number of likely N-dealkylation sites (tertiary alicyclic amines) is 1. The molecule has 7 nitrogen and oxygen atoms in total. The number of imidazole rings is 1. The first-order valence-corrected chi connectivity index (χ1v) is 9.39. The molecule has 1 saturated heterocycles. The van der Waals surface area contributed by atoms with Crippen LogP contribution in [0, 0.1) is 0 Å². The lowest BCUT2D eigenvalue weighted by molar-refractivity contribution is -0.129. The Kier molecular flexibility index (Phi) is 10.2. The zero-order chi connectivity index (χ0) is 19.2. The SMILES string of the molecule is CC(CN1CCCC1=O)NC(=O)[C@@H](N)Cc1cn(Cc2ccccc2)cn1.Cl.Cl. The first kappa shape index (κ1) is 24.9. The van der Waals surface area contributed by atoms with Crippen LogP contribution in [0.5, 0.6) is 0 Å². The third-order valence-electron chi connectivity index (χ3n) is 4.71. The highest BCUT2D eigenvalue weighted by Crippen LogP contribution is 2.10. The Morgan fingerprint density at radius 1 is 1.28 bits per heavy atom. The first-order chi connectivity index (χ1) is 13.0. The summed E-state index contributed by atoms with van der Waals surface area (Å²) in [5.74, 6) is -0.0592. The van der Waals surface area contributed by atoms with Gasteiger partial charge in [-0.25, -0.2) is 4.98 Å². The van der Waals surface area contributed by atoms with Gasteiger partial charge in [-0.15, -0.1) is 24.8 Å². The van der Waals surface area contributed by atoms with E-state index in [2.05, 4.69) is 22.4 Å². The summed E-state index contributed by atoms with van der Waals surface area (Å²) < 4.78 is 1.98. The summed E-state index contributed by atoms with van der Waals surface area (Å²) in [6.45, 7) is 3.92. The van der Waals surface area contributed by atoms with Gasteiger partial charge in [-0.3, -0.25) is 9.59 Å². The van der Waals surface area contributed by atoms with Crippen LogP contribution in [0.3, 0.4) is 0 Å². The average molecular weight is 442 g/mol. The largest absolute Gasteiger partial charge is 0.351 e. The van der Waals surface area contributed by atoms with Gasteiger partial charge < -0.3 is 20.5 Å². The second kappa shape index (κ2) is 11.8. The molecule has 1 aliphatic heterocycles. The fourth-order valence-corrected chi connectivity index (χ4v) is 3.33. The molecule has 3 N–H and O–H groups in total. The minimum atomic E-state index is -0.665. The highest BCUT2D eigenvalue weighted by molar-refractivity contribution is 5.85. The maximum Gasteiger partial charge on any atom is 0.237 e. The number of amides is 2. The lowest BCUT2D eigenvalue weighted by Crippen LogP contribution is -2.49. The molecule has 1 fully saturated rings. The molecule has 2 atom stereocenters. The van der Waals surface area contributed by atoms with Gasteiger partial charge in [0.05, 0.1) is 18.1 Å². The molecule has 1 aliphatic rings. The lowest BCUT2D eigenvalue weighted by atomic mass is 10.1. The number of benzene rings is 1. The van der Waals surface area contributed by atoms with E-state index in [-0.39, 0.29) is 42.7 Å².